The van der Waals surface area contributed by atoms with Crippen LogP contribution in [0.1, 0.15) is 36.2 Å². The lowest BCUT2D eigenvalue weighted by Gasteiger charge is -2.12. The fourth-order valence-corrected chi connectivity index (χ4v) is 2.53. The molecule has 3 N–H and O–H groups in total. The first kappa shape index (κ1) is 18.6. The molecule has 0 saturated carbocycles. The standard InChI is InChI=1S/C20H26N2O3/c1-3-24-18-11-10-15(13-19(18)25-4-2)7-6-12-22-20(23)16-8-5-9-17(21)14-16/h5,8-11,13-14H,3-4,6-7,12,21H2,1-2H3,(H,22,23). The summed E-state index contributed by atoms with van der Waals surface area (Å²) in [4.78, 5) is 12.1. The van der Waals surface area contributed by atoms with Crippen molar-refractivity contribution < 1.29 is 14.3 Å². The molecular formula is C20H26N2O3. The lowest BCUT2D eigenvalue weighted by Crippen LogP contribution is -2.24. The van der Waals surface area contributed by atoms with Crippen molar-refractivity contribution in [3.8, 4) is 11.5 Å². The zero-order valence-corrected chi connectivity index (χ0v) is 14.9. The lowest BCUT2D eigenvalue weighted by molar-refractivity contribution is 0.0953. The van der Waals surface area contributed by atoms with Crippen LogP contribution in [0.2, 0.25) is 0 Å². The third kappa shape index (κ3) is 5.71. The molecule has 0 bridgehead atoms. The molecule has 0 aliphatic heterocycles. The van der Waals surface area contributed by atoms with E-state index in [0.717, 1.165) is 29.9 Å². The molecule has 134 valence electrons. The van der Waals surface area contributed by atoms with E-state index in [9.17, 15) is 4.79 Å². The van der Waals surface area contributed by atoms with Gasteiger partial charge in [0.2, 0.25) is 0 Å². The molecule has 2 aromatic rings. The number of nitrogen functional groups attached to an aromatic ring is 1. The van der Waals surface area contributed by atoms with Gasteiger partial charge in [-0.25, -0.2) is 0 Å². The Hall–Kier alpha value is -2.69. The Bertz CT molecular complexity index is 701. The number of nitrogens with two attached hydrogens (primary N) is 1. The molecule has 0 saturated heterocycles. The van der Waals surface area contributed by atoms with Gasteiger partial charge in [-0.05, 0) is 62.6 Å². The fraction of sp³-hybridized carbons (Fsp3) is 0.350. The minimum Gasteiger partial charge on any atom is -0.490 e. The third-order valence-corrected chi connectivity index (χ3v) is 3.68. The molecule has 0 aliphatic rings. The molecule has 0 unspecified atom stereocenters. The van der Waals surface area contributed by atoms with E-state index in [1.807, 2.05) is 32.0 Å². The highest BCUT2D eigenvalue weighted by Crippen LogP contribution is 2.28. The maximum Gasteiger partial charge on any atom is 0.251 e. The number of rotatable bonds is 9. The Morgan fingerprint density at radius 3 is 2.52 bits per heavy atom. The molecule has 0 heterocycles. The molecule has 2 rings (SSSR count). The topological polar surface area (TPSA) is 73.6 Å². The quantitative estimate of drug-likeness (QED) is 0.541. The van der Waals surface area contributed by atoms with E-state index in [1.54, 1.807) is 24.3 Å². The molecule has 5 heteroatoms. The number of aryl methyl sites for hydroxylation is 1. The number of hydrogen-bond donors (Lipinski definition) is 2. The first-order valence-corrected chi connectivity index (χ1v) is 8.66. The molecule has 0 fully saturated rings. The van der Waals surface area contributed by atoms with Gasteiger partial charge in [-0.3, -0.25) is 4.79 Å². The van der Waals surface area contributed by atoms with Crippen LogP contribution in [0.3, 0.4) is 0 Å². The highest BCUT2D eigenvalue weighted by molar-refractivity contribution is 5.94. The van der Waals surface area contributed by atoms with E-state index in [1.165, 1.54) is 0 Å². The average Bonchev–Trinajstić information content (AvgIpc) is 2.61. The van der Waals surface area contributed by atoms with Crippen molar-refractivity contribution in [3.63, 3.8) is 0 Å². The minimum absolute atomic E-state index is 0.103. The number of hydrogen-bond acceptors (Lipinski definition) is 4. The van der Waals surface area contributed by atoms with Gasteiger partial charge in [0.1, 0.15) is 0 Å². The maximum absolute atomic E-state index is 12.1. The summed E-state index contributed by atoms with van der Waals surface area (Å²) in [7, 11) is 0. The lowest BCUT2D eigenvalue weighted by atomic mass is 10.1. The fourth-order valence-electron chi connectivity index (χ4n) is 2.53. The van der Waals surface area contributed by atoms with Crippen LogP contribution in [-0.2, 0) is 6.42 Å². The summed E-state index contributed by atoms with van der Waals surface area (Å²) >= 11 is 0. The van der Waals surface area contributed by atoms with Gasteiger partial charge >= 0.3 is 0 Å². The number of ether oxygens (including phenoxy) is 2. The first-order chi connectivity index (χ1) is 12.1. The van der Waals surface area contributed by atoms with E-state index < -0.39 is 0 Å². The molecule has 0 atom stereocenters. The van der Waals surface area contributed by atoms with Crippen LogP contribution >= 0.6 is 0 Å². The smallest absolute Gasteiger partial charge is 0.251 e. The molecule has 0 radical (unpaired) electrons. The Labute approximate surface area is 149 Å². The number of nitrogens with one attached hydrogen (secondary N) is 1. The van der Waals surface area contributed by atoms with Gasteiger partial charge < -0.3 is 20.5 Å². The van der Waals surface area contributed by atoms with Gasteiger partial charge in [0.15, 0.2) is 11.5 Å². The van der Waals surface area contributed by atoms with Crippen molar-refractivity contribution in [2.45, 2.75) is 26.7 Å². The van der Waals surface area contributed by atoms with E-state index >= 15 is 0 Å². The predicted molar refractivity (Wildman–Crippen MR) is 100 cm³/mol. The van der Waals surface area contributed by atoms with Crippen molar-refractivity contribution in [1.29, 1.82) is 0 Å². The number of anilines is 1. The van der Waals surface area contributed by atoms with Crippen LogP contribution < -0.4 is 20.5 Å². The van der Waals surface area contributed by atoms with Gasteiger partial charge in [-0.1, -0.05) is 12.1 Å². The number of amides is 1. The van der Waals surface area contributed by atoms with Gasteiger partial charge in [0.25, 0.3) is 5.91 Å². The third-order valence-electron chi connectivity index (χ3n) is 3.68. The second kappa shape index (κ2) is 9.57. The van der Waals surface area contributed by atoms with Crippen molar-refractivity contribution >= 4 is 11.6 Å². The van der Waals surface area contributed by atoms with Gasteiger partial charge in [-0.2, -0.15) is 0 Å². The van der Waals surface area contributed by atoms with Gasteiger partial charge in [0.05, 0.1) is 13.2 Å². The van der Waals surface area contributed by atoms with Crippen LogP contribution in [0.25, 0.3) is 0 Å². The van der Waals surface area contributed by atoms with Crippen molar-refractivity contribution in [2.24, 2.45) is 0 Å². The first-order valence-electron chi connectivity index (χ1n) is 8.66. The van der Waals surface area contributed by atoms with E-state index in [2.05, 4.69) is 5.32 Å². The van der Waals surface area contributed by atoms with Crippen LogP contribution in [-0.4, -0.2) is 25.7 Å². The Morgan fingerprint density at radius 2 is 1.80 bits per heavy atom. The Morgan fingerprint density at radius 1 is 1.04 bits per heavy atom. The summed E-state index contributed by atoms with van der Waals surface area (Å²) < 4.78 is 11.2. The van der Waals surface area contributed by atoms with Crippen molar-refractivity contribution in [3.05, 3.63) is 53.6 Å². The number of carbonyl (C=O) groups excluding carboxylic acids is 1. The highest BCUT2D eigenvalue weighted by Gasteiger charge is 2.07. The number of carbonyl (C=O) groups is 1. The van der Waals surface area contributed by atoms with Gasteiger partial charge in [-0.15, -0.1) is 0 Å². The van der Waals surface area contributed by atoms with Crippen LogP contribution in [0.4, 0.5) is 5.69 Å². The van der Waals surface area contributed by atoms with E-state index in [0.29, 0.717) is 31.0 Å². The van der Waals surface area contributed by atoms with Crippen molar-refractivity contribution in [1.82, 2.24) is 5.32 Å². The van der Waals surface area contributed by atoms with Crippen molar-refractivity contribution in [2.75, 3.05) is 25.5 Å². The predicted octanol–water partition coefficient (Wildman–Crippen LogP) is 3.43. The van der Waals surface area contributed by atoms with Crippen LogP contribution in [0.15, 0.2) is 42.5 Å². The molecule has 0 aliphatic carbocycles. The molecule has 5 nitrogen and oxygen atoms in total. The Kier molecular flexibility index (Phi) is 7.14. The average molecular weight is 342 g/mol. The molecule has 0 aromatic heterocycles. The van der Waals surface area contributed by atoms with Crippen LogP contribution in [0.5, 0.6) is 11.5 Å². The van der Waals surface area contributed by atoms with E-state index in [-0.39, 0.29) is 5.91 Å². The summed E-state index contributed by atoms with van der Waals surface area (Å²) in [5, 5.41) is 2.92. The molecule has 1 amide bonds. The zero-order valence-electron chi connectivity index (χ0n) is 14.9. The molecule has 0 spiro atoms. The second-order valence-corrected chi connectivity index (χ2v) is 5.63. The Balaban J connectivity index is 1.85. The van der Waals surface area contributed by atoms with E-state index in [4.69, 9.17) is 15.2 Å². The highest BCUT2D eigenvalue weighted by atomic mass is 16.5. The molecular weight excluding hydrogens is 316 g/mol. The monoisotopic (exact) mass is 342 g/mol. The SMILES string of the molecule is CCOc1ccc(CCCNC(=O)c2cccc(N)c2)cc1OCC. The summed E-state index contributed by atoms with van der Waals surface area (Å²) in [5.74, 6) is 1.43. The maximum atomic E-state index is 12.1. The second-order valence-electron chi connectivity index (χ2n) is 5.63. The zero-order chi connectivity index (χ0) is 18.1. The summed E-state index contributed by atoms with van der Waals surface area (Å²) in [6.45, 7) is 5.71. The number of benzene rings is 2. The summed E-state index contributed by atoms with van der Waals surface area (Å²) in [5.41, 5.74) is 8.03. The van der Waals surface area contributed by atoms with Gasteiger partial charge in [0, 0.05) is 17.8 Å². The molecule has 25 heavy (non-hydrogen) atoms. The minimum atomic E-state index is -0.103. The largest absolute Gasteiger partial charge is 0.490 e. The molecule has 2 aromatic carbocycles. The normalized spacial score (nSPS) is 10.3. The van der Waals surface area contributed by atoms with Crippen LogP contribution in [0, 0.1) is 0 Å². The summed E-state index contributed by atoms with van der Waals surface area (Å²) in [6, 6.07) is 13.0. The summed E-state index contributed by atoms with van der Waals surface area (Å²) in [6.07, 6.45) is 1.69.